The lowest BCUT2D eigenvalue weighted by molar-refractivity contribution is -0.144. The third kappa shape index (κ3) is 7.91. The zero-order valence-corrected chi connectivity index (χ0v) is 21.5. The second-order valence-corrected chi connectivity index (χ2v) is 9.66. The zero-order valence-electron chi connectivity index (χ0n) is 21.5. The summed E-state index contributed by atoms with van der Waals surface area (Å²) in [4.78, 5) is 52.3. The Labute approximate surface area is 225 Å². The third-order valence-electron chi connectivity index (χ3n) is 6.60. The van der Waals surface area contributed by atoms with E-state index in [2.05, 4.69) is 10.6 Å². The van der Waals surface area contributed by atoms with Gasteiger partial charge in [0.2, 0.25) is 17.7 Å². The number of nitrogens with two attached hydrogens (primary N) is 1. The van der Waals surface area contributed by atoms with Gasteiger partial charge in [-0.2, -0.15) is 0 Å². The van der Waals surface area contributed by atoms with Crippen LogP contribution in [0.25, 0.3) is 0 Å². The quantitative estimate of drug-likeness (QED) is 0.198. The normalized spacial score (nSPS) is 18.0. The number of aliphatic hydroxyl groups is 1. The second kappa shape index (κ2) is 13.1. The molecule has 1 fully saturated rings. The van der Waals surface area contributed by atoms with Gasteiger partial charge in [0, 0.05) is 13.0 Å². The van der Waals surface area contributed by atoms with Gasteiger partial charge in [0.25, 0.3) is 0 Å². The van der Waals surface area contributed by atoms with E-state index in [9.17, 15) is 39.6 Å². The molecular formula is C27H34N4O8. The lowest BCUT2D eigenvalue weighted by Gasteiger charge is -2.29. The van der Waals surface area contributed by atoms with Crippen molar-refractivity contribution in [2.45, 2.75) is 62.9 Å². The molecule has 12 heteroatoms. The smallest absolute Gasteiger partial charge is 0.326 e. The van der Waals surface area contributed by atoms with Gasteiger partial charge in [0.1, 0.15) is 29.6 Å². The number of aromatic hydroxyl groups is 2. The monoisotopic (exact) mass is 542 g/mol. The van der Waals surface area contributed by atoms with Gasteiger partial charge in [-0.25, -0.2) is 4.79 Å². The number of hydrogen-bond donors (Lipinski definition) is 7. The molecule has 2 aromatic rings. The lowest BCUT2D eigenvalue weighted by atomic mass is 10.0. The Morgan fingerprint density at radius 2 is 1.49 bits per heavy atom. The number of rotatable bonds is 11. The maximum atomic E-state index is 13.1. The van der Waals surface area contributed by atoms with E-state index in [1.807, 2.05) is 0 Å². The summed E-state index contributed by atoms with van der Waals surface area (Å²) in [6, 6.07) is 7.40. The highest BCUT2D eigenvalue weighted by Gasteiger charge is 2.39. The SMILES string of the molecule is CC(O)C(NC(=O)C1CCCN1C(=O)C(N)Cc1ccc(O)cc1)C(=O)NC(Cc1ccc(O)cc1)C(=O)O. The van der Waals surface area contributed by atoms with Crippen molar-refractivity contribution >= 4 is 23.7 Å². The standard InChI is InChI=1S/C27H34N4O8/c1-15(32)23(25(36)29-21(27(38)39)14-17-6-10-19(34)11-7-17)30-24(35)22-3-2-12-31(22)26(37)20(28)13-16-4-8-18(33)9-5-16/h4-11,15,20-23,32-34H,2-3,12-14,28H2,1H3,(H,29,36)(H,30,35)(H,38,39). The largest absolute Gasteiger partial charge is 0.508 e. The van der Waals surface area contributed by atoms with Crippen molar-refractivity contribution in [1.29, 1.82) is 0 Å². The van der Waals surface area contributed by atoms with Gasteiger partial charge < -0.3 is 41.7 Å². The number of phenols is 2. The number of carboxylic acid groups (broad SMARTS) is 1. The number of carbonyl (C=O) groups excluding carboxylic acids is 3. The van der Waals surface area contributed by atoms with E-state index in [4.69, 9.17) is 5.73 Å². The molecule has 12 nitrogen and oxygen atoms in total. The van der Waals surface area contributed by atoms with Crippen molar-refractivity contribution in [3.8, 4) is 11.5 Å². The van der Waals surface area contributed by atoms with Gasteiger partial charge in [0.05, 0.1) is 12.1 Å². The Morgan fingerprint density at radius 3 is 2.00 bits per heavy atom. The number of nitrogens with zero attached hydrogens (tertiary/aromatic N) is 1. The molecule has 3 rings (SSSR count). The summed E-state index contributed by atoms with van der Waals surface area (Å²) < 4.78 is 0. The molecule has 210 valence electrons. The summed E-state index contributed by atoms with van der Waals surface area (Å²) >= 11 is 0. The molecule has 0 spiro atoms. The summed E-state index contributed by atoms with van der Waals surface area (Å²) in [6.45, 7) is 1.57. The number of amides is 3. The molecule has 39 heavy (non-hydrogen) atoms. The molecular weight excluding hydrogens is 508 g/mol. The molecule has 0 saturated carbocycles. The number of nitrogens with one attached hydrogen (secondary N) is 2. The zero-order chi connectivity index (χ0) is 28.7. The first kappa shape index (κ1) is 29.4. The van der Waals surface area contributed by atoms with Gasteiger partial charge in [0.15, 0.2) is 0 Å². The van der Waals surface area contributed by atoms with Crippen LogP contribution in [-0.2, 0) is 32.0 Å². The number of likely N-dealkylation sites (tertiary alicyclic amines) is 1. The molecule has 5 unspecified atom stereocenters. The Morgan fingerprint density at radius 1 is 0.949 bits per heavy atom. The molecule has 0 bridgehead atoms. The average Bonchev–Trinajstić information content (AvgIpc) is 3.38. The van der Waals surface area contributed by atoms with Crippen LogP contribution in [0.2, 0.25) is 0 Å². The van der Waals surface area contributed by atoms with Gasteiger partial charge in [-0.3, -0.25) is 14.4 Å². The van der Waals surface area contributed by atoms with Gasteiger partial charge in [-0.1, -0.05) is 24.3 Å². The van der Waals surface area contributed by atoms with Crippen molar-refractivity contribution in [2.75, 3.05) is 6.54 Å². The molecule has 0 radical (unpaired) electrons. The first-order chi connectivity index (χ1) is 18.5. The predicted octanol–water partition coefficient (Wildman–Crippen LogP) is -0.364. The fourth-order valence-corrected chi connectivity index (χ4v) is 4.47. The Kier molecular flexibility index (Phi) is 9.85. The highest BCUT2D eigenvalue weighted by molar-refractivity contribution is 5.94. The van der Waals surface area contributed by atoms with Crippen molar-refractivity contribution in [1.82, 2.24) is 15.5 Å². The number of hydrogen-bond acceptors (Lipinski definition) is 8. The first-order valence-corrected chi connectivity index (χ1v) is 12.6. The number of carboxylic acids is 1. The highest BCUT2D eigenvalue weighted by Crippen LogP contribution is 2.20. The van der Waals surface area contributed by atoms with Crippen LogP contribution >= 0.6 is 0 Å². The van der Waals surface area contributed by atoms with Gasteiger partial charge >= 0.3 is 5.97 Å². The van der Waals surface area contributed by atoms with Crippen LogP contribution in [0.5, 0.6) is 11.5 Å². The summed E-state index contributed by atoms with van der Waals surface area (Å²) in [6.07, 6.45) is -0.392. The van der Waals surface area contributed by atoms with Crippen LogP contribution in [0, 0.1) is 0 Å². The Hall–Kier alpha value is -4.16. The molecule has 1 aliphatic heterocycles. The van der Waals surface area contributed by atoms with Crippen molar-refractivity contribution in [2.24, 2.45) is 5.73 Å². The van der Waals surface area contributed by atoms with E-state index in [-0.39, 0.29) is 24.3 Å². The first-order valence-electron chi connectivity index (χ1n) is 12.6. The minimum Gasteiger partial charge on any atom is -0.508 e. The van der Waals surface area contributed by atoms with Crippen molar-refractivity contribution < 1.29 is 39.6 Å². The molecule has 1 saturated heterocycles. The molecule has 0 aromatic heterocycles. The molecule has 1 heterocycles. The van der Waals surface area contributed by atoms with Gasteiger partial charge in [-0.15, -0.1) is 0 Å². The van der Waals surface area contributed by atoms with Crippen LogP contribution in [0.15, 0.2) is 48.5 Å². The van der Waals surface area contributed by atoms with Crippen LogP contribution < -0.4 is 16.4 Å². The van der Waals surface area contributed by atoms with E-state index in [1.54, 1.807) is 12.1 Å². The number of phenolic OH excluding ortho intramolecular Hbond substituents is 2. The molecule has 3 amide bonds. The highest BCUT2D eigenvalue weighted by atomic mass is 16.4. The minimum atomic E-state index is -1.47. The maximum absolute atomic E-state index is 13.1. The van der Waals surface area contributed by atoms with E-state index < -0.39 is 54.0 Å². The van der Waals surface area contributed by atoms with Crippen LogP contribution in [0.3, 0.4) is 0 Å². The number of aliphatic carboxylic acids is 1. The van der Waals surface area contributed by atoms with Crippen LogP contribution in [-0.4, -0.2) is 85.8 Å². The molecule has 8 N–H and O–H groups in total. The number of carbonyl (C=O) groups is 4. The van der Waals surface area contributed by atoms with E-state index in [0.717, 1.165) is 5.56 Å². The van der Waals surface area contributed by atoms with E-state index in [0.29, 0.717) is 24.9 Å². The minimum absolute atomic E-state index is 0.00675. The Balaban J connectivity index is 1.64. The topological polar surface area (TPSA) is 203 Å². The maximum Gasteiger partial charge on any atom is 0.326 e. The summed E-state index contributed by atoms with van der Waals surface area (Å²) in [5.41, 5.74) is 7.40. The van der Waals surface area contributed by atoms with Crippen LogP contribution in [0.4, 0.5) is 0 Å². The number of aliphatic hydroxyl groups excluding tert-OH is 1. The van der Waals surface area contributed by atoms with Crippen molar-refractivity contribution in [3.05, 3.63) is 59.7 Å². The van der Waals surface area contributed by atoms with E-state index in [1.165, 1.54) is 48.2 Å². The molecule has 5 atom stereocenters. The Bertz CT molecular complexity index is 1170. The molecule has 1 aliphatic rings. The predicted molar refractivity (Wildman–Crippen MR) is 140 cm³/mol. The fourth-order valence-electron chi connectivity index (χ4n) is 4.47. The van der Waals surface area contributed by atoms with Crippen LogP contribution in [0.1, 0.15) is 30.9 Å². The average molecular weight is 543 g/mol. The summed E-state index contributed by atoms with van der Waals surface area (Å²) in [5, 5.41) is 43.5. The molecule has 0 aliphatic carbocycles. The molecule has 2 aromatic carbocycles. The fraction of sp³-hybridized carbons (Fsp3) is 0.407. The van der Waals surface area contributed by atoms with Crippen molar-refractivity contribution in [3.63, 3.8) is 0 Å². The van der Waals surface area contributed by atoms with E-state index >= 15 is 0 Å². The van der Waals surface area contributed by atoms with Gasteiger partial charge in [-0.05, 0) is 61.6 Å². The lowest BCUT2D eigenvalue weighted by Crippen LogP contribution is -2.59. The second-order valence-electron chi connectivity index (χ2n) is 9.66. The third-order valence-corrected chi connectivity index (χ3v) is 6.60. The number of benzene rings is 2. The summed E-state index contributed by atoms with van der Waals surface area (Å²) in [5.74, 6) is -3.23. The summed E-state index contributed by atoms with van der Waals surface area (Å²) in [7, 11) is 0.